The average Bonchev–Trinajstić information content (AvgIpc) is 2.68. The van der Waals surface area contributed by atoms with Gasteiger partial charge >= 0.3 is 0 Å². The SMILES string of the molecule is [B]c1c(CCc2ccc(F)cc2F)cc(C)n(Cc2cnc(CCl)cn2)c1=O. The molecular weight excluding hydrogens is 383 g/mol. The molecular formula is C20H17BClF2N3O. The fourth-order valence-corrected chi connectivity index (χ4v) is 3.08. The van der Waals surface area contributed by atoms with Gasteiger partial charge in [0.2, 0.25) is 5.56 Å². The van der Waals surface area contributed by atoms with Crippen LogP contribution in [0.3, 0.4) is 0 Å². The van der Waals surface area contributed by atoms with E-state index in [1.54, 1.807) is 25.4 Å². The minimum atomic E-state index is -0.624. The highest BCUT2D eigenvalue weighted by Gasteiger charge is 2.12. The zero-order chi connectivity index (χ0) is 20.3. The number of benzene rings is 1. The highest BCUT2D eigenvalue weighted by molar-refractivity contribution is 6.33. The predicted octanol–water partition coefficient (Wildman–Crippen LogP) is 2.59. The first-order valence-corrected chi connectivity index (χ1v) is 9.21. The highest BCUT2D eigenvalue weighted by Crippen LogP contribution is 2.13. The Morgan fingerprint density at radius 2 is 1.75 bits per heavy atom. The molecule has 3 aromatic rings. The third-order valence-corrected chi connectivity index (χ3v) is 4.80. The maximum absolute atomic E-state index is 13.8. The summed E-state index contributed by atoms with van der Waals surface area (Å²) in [4.78, 5) is 21.1. The van der Waals surface area contributed by atoms with E-state index >= 15 is 0 Å². The zero-order valence-electron chi connectivity index (χ0n) is 15.3. The molecule has 0 saturated carbocycles. The summed E-state index contributed by atoms with van der Waals surface area (Å²) in [6.07, 6.45) is 3.82. The van der Waals surface area contributed by atoms with Gasteiger partial charge in [0.15, 0.2) is 0 Å². The summed E-state index contributed by atoms with van der Waals surface area (Å²) in [5.74, 6) is -0.966. The second kappa shape index (κ2) is 8.65. The van der Waals surface area contributed by atoms with E-state index in [1.807, 2.05) is 0 Å². The van der Waals surface area contributed by atoms with Crippen molar-refractivity contribution in [3.63, 3.8) is 0 Å². The third kappa shape index (κ3) is 4.47. The average molecular weight is 400 g/mol. The second-order valence-electron chi connectivity index (χ2n) is 6.48. The normalized spacial score (nSPS) is 11.0. The number of alkyl halides is 1. The summed E-state index contributed by atoms with van der Waals surface area (Å²) in [7, 11) is 6.04. The molecule has 0 aliphatic heterocycles. The molecule has 0 fully saturated rings. The van der Waals surface area contributed by atoms with Crippen LogP contribution in [0.4, 0.5) is 8.78 Å². The fraction of sp³-hybridized carbons (Fsp3) is 0.250. The molecule has 0 aliphatic rings. The van der Waals surface area contributed by atoms with E-state index in [4.69, 9.17) is 19.4 Å². The summed E-state index contributed by atoms with van der Waals surface area (Å²) in [6.45, 7) is 2.03. The van der Waals surface area contributed by atoms with Gasteiger partial charge in [-0.2, -0.15) is 0 Å². The molecule has 0 N–H and O–H groups in total. The molecule has 1 aromatic carbocycles. The Morgan fingerprint density at radius 3 is 2.39 bits per heavy atom. The molecule has 8 heteroatoms. The highest BCUT2D eigenvalue weighted by atomic mass is 35.5. The van der Waals surface area contributed by atoms with E-state index in [9.17, 15) is 13.6 Å². The molecule has 0 saturated heterocycles. The van der Waals surface area contributed by atoms with Gasteiger partial charge in [0.25, 0.3) is 0 Å². The molecule has 0 spiro atoms. The van der Waals surface area contributed by atoms with Crippen molar-refractivity contribution < 1.29 is 8.78 Å². The third-order valence-electron chi connectivity index (χ3n) is 4.52. The molecule has 0 unspecified atom stereocenters. The topological polar surface area (TPSA) is 47.8 Å². The van der Waals surface area contributed by atoms with Crippen molar-refractivity contribution in [3.8, 4) is 0 Å². The van der Waals surface area contributed by atoms with E-state index in [-0.39, 0.29) is 23.4 Å². The molecule has 0 bridgehead atoms. The van der Waals surface area contributed by atoms with Crippen LogP contribution in [0.2, 0.25) is 0 Å². The maximum Gasteiger partial charge on any atom is 0.244 e. The Labute approximate surface area is 167 Å². The van der Waals surface area contributed by atoms with Crippen LogP contribution in [0.5, 0.6) is 0 Å². The van der Waals surface area contributed by atoms with Crippen LogP contribution in [0, 0.1) is 18.6 Å². The van der Waals surface area contributed by atoms with Gasteiger partial charge in [-0.3, -0.25) is 14.8 Å². The molecule has 0 amide bonds. The van der Waals surface area contributed by atoms with E-state index < -0.39 is 11.6 Å². The summed E-state index contributed by atoms with van der Waals surface area (Å²) in [6, 6.07) is 5.26. The Balaban J connectivity index is 1.82. The molecule has 2 heterocycles. The van der Waals surface area contributed by atoms with Crippen LogP contribution < -0.4 is 11.0 Å². The van der Waals surface area contributed by atoms with E-state index in [1.165, 1.54) is 16.7 Å². The molecule has 2 aromatic heterocycles. The van der Waals surface area contributed by atoms with Crippen molar-refractivity contribution >= 4 is 24.9 Å². The summed E-state index contributed by atoms with van der Waals surface area (Å²) in [5.41, 5.74) is 2.74. The van der Waals surface area contributed by atoms with Crippen LogP contribution in [0.15, 0.2) is 41.5 Å². The minimum Gasteiger partial charge on any atom is -0.307 e. The van der Waals surface area contributed by atoms with Crippen molar-refractivity contribution in [2.75, 3.05) is 0 Å². The summed E-state index contributed by atoms with van der Waals surface area (Å²) < 4.78 is 28.4. The van der Waals surface area contributed by atoms with Crippen LogP contribution in [0.1, 0.15) is 28.2 Å². The second-order valence-corrected chi connectivity index (χ2v) is 6.75. The van der Waals surface area contributed by atoms with Gasteiger partial charge in [-0.1, -0.05) is 6.07 Å². The number of rotatable bonds is 6. The van der Waals surface area contributed by atoms with Crippen molar-refractivity contribution in [1.29, 1.82) is 0 Å². The molecule has 28 heavy (non-hydrogen) atoms. The van der Waals surface area contributed by atoms with Gasteiger partial charge in [-0.25, -0.2) is 8.78 Å². The Kier molecular flexibility index (Phi) is 6.24. The lowest BCUT2D eigenvalue weighted by Gasteiger charge is -2.15. The number of aryl methyl sites for hydroxylation is 3. The van der Waals surface area contributed by atoms with Crippen molar-refractivity contribution in [1.82, 2.24) is 14.5 Å². The standard InChI is InChI=1S/C20H17BClF2N3O/c1-12-6-14(3-2-13-4-5-15(23)7-18(13)24)19(21)20(28)27(12)11-17-10-25-16(8-22)9-26-17/h4-7,9-10H,2-3,8,11H2,1H3. The molecule has 0 atom stereocenters. The van der Waals surface area contributed by atoms with Crippen molar-refractivity contribution in [2.24, 2.45) is 0 Å². The Morgan fingerprint density at radius 1 is 1.07 bits per heavy atom. The number of halogens is 3. The van der Waals surface area contributed by atoms with Gasteiger partial charge in [-0.15, -0.1) is 11.6 Å². The molecule has 4 nitrogen and oxygen atoms in total. The first kappa shape index (κ1) is 20.2. The van der Waals surface area contributed by atoms with Gasteiger partial charge in [0.05, 0.1) is 30.0 Å². The summed E-state index contributed by atoms with van der Waals surface area (Å²) in [5, 5.41) is 0. The van der Waals surface area contributed by atoms with E-state index in [2.05, 4.69) is 9.97 Å². The van der Waals surface area contributed by atoms with Crippen molar-refractivity contribution in [2.45, 2.75) is 32.2 Å². The van der Waals surface area contributed by atoms with Gasteiger partial charge in [0, 0.05) is 18.0 Å². The molecule has 0 aliphatic carbocycles. The first-order valence-electron chi connectivity index (χ1n) is 8.67. The van der Waals surface area contributed by atoms with Gasteiger partial charge in [0.1, 0.15) is 19.5 Å². The lowest BCUT2D eigenvalue weighted by molar-refractivity contribution is 0.571. The van der Waals surface area contributed by atoms with Gasteiger partial charge < -0.3 is 4.57 Å². The number of hydrogen-bond donors (Lipinski definition) is 0. The van der Waals surface area contributed by atoms with Crippen molar-refractivity contribution in [3.05, 3.63) is 86.9 Å². The quantitative estimate of drug-likeness (QED) is 0.473. The zero-order valence-corrected chi connectivity index (χ0v) is 16.0. The van der Waals surface area contributed by atoms with Crippen LogP contribution >= 0.6 is 11.6 Å². The predicted molar refractivity (Wildman–Crippen MR) is 105 cm³/mol. The van der Waals surface area contributed by atoms with Crippen LogP contribution in [-0.2, 0) is 25.3 Å². The Hall–Kier alpha value is -2.54. The minimum absolute atomic E-state index is 0.110. The summed E-state index contributed by atoms with van der Waals surface area (Å²) >= 11 is 5.70. The lowest BCUT2D eigenvalue weighted by atomic mass is 9.88. The van der Waals surface area contributed by atoms with Gasteiger partial charge in [-0.05, 0) is 48.5 Å². The maximum atomic E-state index is 13.8. The smallest absolute Gasteiger partial charge is 0.244 e. The monoisotopic (exact) mass is 399 g/mol. The number of nitrogens with zero attached hydrogens (tertiary/aromatic N) is 3. The first-order chi connectivity index (χ1) is 13.4. The number of hydrogen-bond acceptors (Lipinski definition) is 3. The van der Waals surface area contributed by atoms with E-state index in [0.717, 1.165) is 6.07 Å². The number of aromatic nitrogens is 3. The van der Waals surface area contributed by atoms with E-state index in [0.29, 0.717) is 41.1 Å². The van der Waals surface area contributed by atoms with Crippen LogP contribution in [-0.4, -0.2) is 22.4 Å². The van der Waals surface area contributed by atoms with Crippen LogP contribution in [0.25, 0.3) is 0 Å². The number of pyridine rings is 1. The fourth-order valence-electron chi connectivity index (χ4n) is 2.94. The largest absolute Gasteiger partial charge is 0.307 e. The molecule has 3 rings (SSSR count). The molecule has 142 valence electrons. The molecule has 2 radical (unpaired) electrons. The Bertz CT molecular complexity index is 1050. The lowest BCUT2D eigenvalue weighted by Crippen LogP contribution is -2.38.